The molecule has 0 radical (unpaired) electrons. The molecule has 2 aromatic rings. The standard InChI is InChI=1S/C16H19N5/c1-12-3-8-21(19-12)15-4-6-20(7-5-15)16-9-13(2)18-11-14(16)10-17/h3,8-9,11,15H,4-7H2,1-2H3. The second-order valence-electron chi connectivity index (χ2n) is 5.61. The fourth-order valence-electron chi connectivity index (χ4n) is 2.90. The van der Waals surface area contributed by atoms with Crippen LogP contribution in [-0.4, -0.2) is 27.9 Å². The lowest BCUT2D eigenvalue weighted by Crippen LogP contribution is -2.35. The lowest BCUT2D eigenvalue weighted by molar-refractivity contribution is 0.365. The van der Waals surface area contributed by atoms with E-state index in [9.17, 15) is 5.26 Å². The third kappa shape index (κ3) is 2.75. The highest BCUT2D eigenvalue weighted by molar-refractivity contribution is 5.59. The molecule has 0 amide bonds. The number of hydrogen-bond acceptors (Lipinski definition) is 4. The van der Waals surface area contributed by atoms with Gasteiger partial charge < -0.3 is 4.90 Å². The SMILES string of the molecule is Cc1cc(N2CCC(n3ccc(C)n3)CC2)c(C#N)cn1. The zero-order chi connectivity index (χ0) is 14.8. The van der Waals surface area contributed by atoms with Gasteiger partial charge in [-0.15, -0.1) is 0 Å². The van der Waals surface area contributed by atoms with Crippen molar-refractivity contribution in [3.8, 4) is 6.07 Å². The Balaban J connectivity index is 1.74. The molecule has 5 nitrogen and oxygen atoms in total. The molecule has 0 saturated carbocycles. The Labute approximate surface area is 124 Å². The monoisotopic (exact) mass is 281 g/mol. The molecule has 21 heavy (non-hydrogen) atoms. The van der Waals surface area contributed by atoms with Crippen LogP contribution in [0, 0.1) is 25.2 Å². The van der Waals surface area contributed by atoms with E-state index in [-0.39, 0.29) is 0 Å². The van der Waals surface area contributed by atoms with Gasteiger partial charge in [0.25, 0.3) is 0 Å². The van der Waals surface area contributed by atoms with E-state index < -0.39 is 0 Å². The topological polar surface area (TPSA) is 57.7 Å². The van der Waals surface area contributed by atoms with Gasteiger partial charge >= 0.3 is 0 Å². The van der Waals surface area contributed by atoms with Crippen molar-refractivity contribution in [3.63, 3.8) is 0 Å². The fraction of sp³-hybridized carbons (Fsp3) is 0.438. The van der Waals surface area contributed by atoms with Crippen molar-refractivity contribution in [2.24, 2.45) is 0 Å². The summed E-state index contributed by atoms with van der Waals surface area (Å²) in [6.45, 7) is 5.87. The van der Waals surface area contributed by atoms with Gasteiger partial charge in [0, 0.05) is 31.2 Å². The predicted octanol–water partition coefficient (Wildman–Crippen LogP) is 2.61. The number of aryl methyl sites for hydroxylation is 2. The summed E-state index contributed by atoms with van der Waals surface area (Å²) in [6, 6.07) is 6.76. The summed E-state index contributed by atoms with van der Waals surface area (Å²) in [5.41, 5.74) is 3.69. The Bertz CT molecular complexity index is 674. The first kappa shape index (κ1) is 13.6. The van der Waals surface area contributed by atoms with Gasteiger partial charge in [0.15, 0.2) is 0 Å². The summed E-state index contributed by atoms with van der Waals surface area (Å²) in [4.78, 5) is 6.50. The number of nitriles is 1. The van der Waals surface area contributed by atoms with Gasteiger partial charge in [0.05, 0.1) is 23.0 Å². The van der Waals surface area contributed by atoms with Gasteiger partial charge in [-0.25, -0.2) is 0 Å². The summed E-state index contributed by atoms with van der Waals surface area (Å²) >= 11 is 0. The predicted molar refractivity (Wildman–Crippen MR) is 81.1 cm³/mol. The van der Waals surface area contributed by atoms with Crippen molar-refractivity contribution in [2.75, 3.05) is 18.0 Å². The number of pyridine rings is 1. The Kier molecular flexibility index (Phi) is 3.61. The minimum absolute atomic E-state index is 0.461. The number of piperidine rings is 1. The molecule has 3 rings (SSSR count). The zero-order valence-corrected chi connectivity index (χ0v) is 12.5. The molecule has 108 valence electrons. The molecule has 0 aromatic carbocycles. The van der Waals surface area contributed by atoms with Crippen LogP contribution >= 0.6 is 0 Å². The maximum absolute atomic E-state index is 9.24. The second-order valence-corrected chi connectivity index (χ2v) is 5.61. The van der Waals surface area contributed by atoms with Gasteiger partial charge in [-0.05, 0) is 38.8 Å². The first-order valence-electron chi connectivity index (χ1n) is 7.31. The molecule has 1 aliphatic heterocycles. The van der Waals surface area contributed by atoms with Crippen LogP contribution in [0.15, 0.2) is 24.5 Å². The maximum atomic E-state index is 9.24. The zero-order valence-electron chi connectivity index (χ0n) is 12.5. The molecular weight excluding hydrogens is 262 g/mol. The van der Waals surface area contributed by atoms with Crippen LogP contribution in [0.4, 0.5) is 5.69 Å². The van der Waals surface area contributed by atoms with E-state index in [0.717, 1.165) is 43.0 Å². The minimum Gasteiger partial charge on any atom is -0.370 e. The van der Waals surface area contributed by atoms with Crippen molar-refractivity contribution in [2.45, 2.75) is 32.7 Å². The molecule has 0 unspecified atom stereocenters. The van der Waals surface area contributed by atoms with E-state index >= 15 is 0 Å². The van der Waals surface area contributed by atoms with E-state index in [2.05, 4.69) is 31.9 Å². The van der Waals surface area contributed by atoms with Crippen LogP contribution < -0.4 is 4.90 Å². The molecule has 1 aliphatic rings. The molecule has 0 spiro atoms. The molecule has 0 aliphatic carbocycles. The summed E-state index contributed by atoms with van der Waals surface area (Å²) in [5, 5.41) is 13.8. The smallest absolute Gasteiger partial charge is 0.103 e. The van der Waals surface area contributed by atoms with Crippen molar-refractivity contribution in [1.82, 2.24) is 14.8 Å². The molecule has 0 N–H and O–H groups in total. The second kappa shape index (κ2) is 5.57. The van der Waals surface area contributed by atoms with E-state index in [1.807, 2.05) is 26.0 Å². The number of anilines is 1. The summed E-state index contributed by atoms with van der Waals surface area (Å²) in [6.07, 6.45) is 5.83. The molecule has 5 heteroatoms. The summed E-state index contributed by atoms with van der Waals surface area (Å²) in [7, 11) is 0. The van der Waals surface area contributed by atoms with E-state index in [1.54, 1.807) is 6.20 Å². The normalized spacial score (nSPS) is 16.0. The summed E-state index contributed by atoms with van der Waals surface area (Å²) < 4.78 is 2.08. The number of nitrogens with zero attached hydrogens (tertiary/aromatic N) is 5. The highest BCUT2D eigenvalue weighted by Crippen LogP contribution is 2.28. The van der Waals surface area contributed by atoms with E-state index in [4.69, 9.17) is 0 Å². The lowest BCUT2D eigenvalue weighted by Gasteiger charge is -2.34. The number of rotatable bonds is 2. The minimum atomic E-state index is 0.461. The average molecular weight is 281 g/mol. The van der Waals surface area contributed by atoms with Gasteiger partial charge in [-0.2, -0.15) is 10.4 Å². The Morgan fingerprint density at radius 1 is 1.24 bits per heavy atom. The van der Waals surface area contributed by atoms with Gasteiger partial charge in [0.1, 0.15) is 6.07 Å². The van der Waals surface area contributed by atoms with Crippen LogP contribution in [0.1, 0.15) is 35.8 Å². The third-order valence-electron chi connectivity index (χ3n) is 4.06. The Morgan fingerprint density at radius 3 is 2.62 bits per heavy atom. The molecule has 2 aromatic heterocycles. The van der Waals surface area contributed by atoms with Gasteiger partial charge in [-0.1, -0.05) is 0 Å². The van der Waals surface area contributed by atoms with Crippen molar-refractivity contribution >= 4 is 5.69 Å². The van der Waals surface area contributed by atoms with Gasteiger partial charge in [-0.3, -0.25) is 9.67 Å². The lowest BCUT2D eigenvalue weighted by atomic mass is 10.0. The van der Waals surface area contributed by atoms with Crippen LogP contribution in [0.5, 0.6) is 0 Å². The average Bonchev–Trinajstić information content (AvgIpc) is 2.94. The highest BCUT2D eigenvalue weighted by atomic mass is 15.3. The molecule has 0 atom stereocenters. The third-order valence-corrected chi connectivity index (χ3v) is 4.06. The van der Waals surface area contributed by atoms with Crippen LogP contribution in [0.2, 0.25) is 0 Å². The van der Waals surface area contributed by atoms with Crippen LogP contribution in [0.25, 0.3) is 0 Å². The van der Waals surface area contributed by atoms with E-state index in [0.29, 0.717) is 11.6 Å². The highest BCUT2D eigenvalue weighted by Gasteiger charge is 2.22. The molecule has 1 fully saturated rings. The van der Waals surface area contributed by atoms with Crippen molar-refractivity contribution in [3.05, 3.63) is 41.5 Å². The van der Waals surface area contributed by atoms with Crippen LogP contribution in [0.3, 0.4) is 0 Å². The molecule has 1 saturated heterocycles. The maximum Gasteiger partial charge on any atom is 0.103 e. The van der Waals surface area contributed by atoms with Crippen LogP contribution in [-0.2, 0) is 0 Å². The van der Waals surface area contributed by atoms with Crippen molar-refractivity contribution in [1.29, 1.82) is 5.26 Å². The first-order valence-corrected chi connectivity index (χ1v) is 7.31. The first-order chi connectivity index (χ1) is 10.2. The summed E-state index contributed by atoms with van der Waals surface area (Å²) in [5.74, 6) is 0. The largest absolute Gasteiger partial charge is 0.370 e. The molecular formula is C16H19N5. The molecule has 0 bridgehead atoms. The van der Waals surface area contributed by atoms with Crippen molar-refractivity contribution < 1.29 is 0 Å². The van der Waals surface area contributed by atoms with E-state index in [1.165, 1.54) is 0 Å². The quantitative estimate of drug-likeness (QED) is 0.849. The number of aromatic nitrogens is 3. The number of hydrogen-bond donors (Lipinski definition) is 0. The Hall–Kier alpha value is -2.35. The van der Waals surface area contributed by atoms with Gasteiger partial charge in [0.2, 0.25) is 0 Å². The molecule has 3 heterocycles. The Morgan fingerprint density at radius 2 is 2.00 bits per heavy atom. The fourth-order valence-corrected chi connectivity index (χ4v) is 2.90.